The molecule has 1 amide bonds. The highest BCUT2D eigenvalue weighted by Gasteiger charge is 2.41. The summed E-state index contributed by atoms with van der Waals surface area (Å²) in [6.45, 7) is 1.94. The summed E-state index contributed by atoms with van der Waals surface area (Å²) in [4.78, 5) is 11.6. The molecule has 0 bridgehead atoms. The van der Waals surface area contributed by atoms with Crippen LogP contribution in [0.15, 0.2) is 0 Å². The molecular formula is C11H20N2OS. The molecule has 1 saturated carbocycles. The largest absolute Gasteiger partial charge is 0.355 e. The first kappa shape index (κ1) is 11.3. The predicted molar refractivity (Wildman–Crippen MR) is 64.1 cm³/mol. The zero-order valence-corrected chi connectivity index (χ0v) is 10.2. The molecule has 2 fully saturated rings. The van der Waals surface area contributed by atoms with Crippen molar-refractivity contribution in [3.63, 3.8) is 0 Å². The van der Waals surface area contributed by atoms with Crippen LogP contribution in [0.5, 0.6) is 0 Å². The summed E-state index contributed by atoms with van der Waals surface area (Å²) >= 11 is 1.89. The maximum atomic E-state index is 11.6. The summed E-state index contributed by atoms with van der Waals surface area (Å²) in [5, 5.41) is 6.41. The van der Waals surface area contributed by atoms with Crippen LogP contribution in [0, 0.1) is 0 Å². The third-order valence-electron chi connectivity index (χ3n) is 3.44. The Morgan fingerprint density at radius 1 is 1.60 bits per heavy atom. The molecule has 2 rings (SSSR count). The van der Waals surface area contributed by atoms with Crippen LogP contribution in [0.1, 0.15) is 32.1 Å². The van der Waals surface area contributed by atoms with Gasteiger partial charge in [-0.25, -0.2) is 0 Å². The maximum absolute atomic E-state index is 11.6. The van der Waals surface area contributed by atoms with Crippen molar-refractivity contribution in [1.29, 1.82) is 0 Å². The fourth-order valence-electron chi connectivity index (χ4n) is 2.08. The number of thioether (sulfide) groups is 1. The van der Waals surface area contributed by atoms with E-state index in [9.17, 15) is 4.79 Å². The van der Waals surface area contributed by atoms with Gasteiger partial charge in [0.2, 0.25) is 5.91 Å². The van der Waals surface area contributed by atoms with Crippen molar-refractivity contribution >= 4 is 17.7 Å². The Hall–Kier alpha value is -0.220. The van der Waals surface area contributed by atoms with Gasteiger partial charge >= 0.3 is 0 Å². The lowest BCUT2D eigenvalue weighted by Crippen LogP contribution is -2.35. The van der Waals surface area contributed by atoms with Crippen LogP contribution in [0.3, 0.4) is 0 Å². The molecule has 0 aromatic heterocycles. The van der Waals surface area contributed by atoms with E-state index >= 15 is 0 Å². The standard InChI is InChI=1S/C11H20N2OS/c1-15-11(4-5-11)8-13-10(14)7-9-3-2-6-12-9/h9,12H,2-8H2,1H3,(H,13,14). The quantitative estimate of drug-likeness (QED) is 0.741. The van der Waals surface area contributed by atoms with E-state index < -0.39 is 0 Å². The Morgan fingerprint density at radius 2 is 2.40 bits per heavy atom. The molecule has 0 aromatic carbocycles. The average Bonchev–Trinajstić information content (AvgIpc) is 2.86. The third-order valence-corrected chi connectivity index (χ3v) is 4.86. The average molecular weight is 228 g/mol. The lowest BCUT2D eigenvalue weighted by molar-refractivity contribution is -0.121. The van der Waals surface area contributed by atoms with Gasteiger partial charge in [-0.3, -0.25) is 4.79 Å². The summed E-state index contributed by atoms with van der Waals surface area (Å²) in [5.41, 5.74) is 0. The molecule has 2 aliphatic rings. The second-order valence-corrected chi connectivity index (χ2v) is 5.94. The van der Waals surface area contributed by atoms with E-state index in [1.54, 1.807) is 0 Å². The van der Waals surface area contributed by atoms with Crippen LogP contribution in [0.25, 0.3) is 0 Å². The second-order valence-electron chi connectivity index (χ2n) is 4.66. The maximum Gasteiger partial charge on any atom is 0.221 e. The summed E-state index contributed by atoms with van der Waals surface area (Å²) in [6.07, 6.45) is 7.68. The lowest BCUT2D eigenvalue weighted by Gasteiger charge is -2.14. The molecule has 1 unspecified atom stereocenters. The lowest BCUT2D eigenvalue weighted by atomic mass is 10.1. The minimum absolute atomic E-state index is 0.217. The Bertz CT molecular complexity index is 235. The van der Waals surface area contributed by atoms with Crippen LogP contribution < -0.4 is 10.6 Å². The van der Waals surface area contributed by atoms with Crippen LogP contribution in [0.4, 0.5) is 0 Å². The smallest absolute Gasteiger partial charge is 0.221 e. The van der Waals surface area contributed by atoms with E-state index in [0.717, 1.165) is 19.5 Å². The van der Waals surface area contributed by atoms with Crippen molar-refractivity contribution in [3.8, 4) is 0 Å². The highest BCUT2D eigenvalue weighted by atomic mass is 32.2. The third kappa shape index (κ3) is 3.11. The van der Waals surface area contributed by atoms with Gasteiger partial charge < -0.3 is 10.6 Å². The molecule has 4 heteroatoms. The van der Waals surface area contributed by atoms with Gasteiger partial charge in [0.1, 0.15) is 0 Å². The SMILES string of the molecule is CSC1(CNC(=O)CC2CCCN2)CC1. The molecule has 0 radical (unpaired) electrons. The highest BCUT2D eigenvalue weighted by molar-refractivity contribution is 8.00. The summed E-state index contributed by atoms with van der Waals surface area (Å²) in [6, 6.07) is 0.425. The van der Waals surface area contributed by atoms with Crippen molar-refractivity contribution < 1.29 is 4.79 Å². The molecule has 15 heavy (non-hydrogen) atoms. The zero-order chi connectivity index (χ0) is 10.7. The van der Waals surface area contributed by atoms with E-state index in [1.165, 1.54) is 19.3 Å². The van der Waals surface area contributed by atoms with Gasteiger partial charge in [-0.1, -0.05) is 0 Å². The number of carbonyl (C=O) groups is 1. The van der Waals surface area contributed by atoms with Gasteiger partial charge in [0.25, 0.3) is 0 Å². The number of amides is 1. The Kier molecular flexibility index (Phi) is 3.57. The van der Waals surface area contributed by atoms with Gasteiger partial charge in [-0.15, -0.1) is 0 Å². The molecule has 0 aromatic rings. The highest BCUT2D eigenvalue weighted by Crippen LogP contribution is 2.46. The Morgan fingerprint density at radius 3 is 2.93 bits per heavy atom. The van der Waals surface area contributed by atoms with E-state index in [4.69, 9.17) is 0 Å². The molecule has 86 valence electrons. The molecule has 1 saturated heterocycles. The number of rotatable bonds is 5. The van der Waals surface area contributed by atoms with Gasteiger partial charge in [0.05, 0.1) is 0 Å². The van der Waals surface area contributed by atoms with Gasteiger partial charge in [-0.05, 0) is 38.5 Å². The van der Waals surface area contributed by atoms with Gasteiger partial charge in [0, 0.05) is 23.8 Å². The minimum atomic E-state index is 0.217. The first-order valence-electron chi connectivity index (χ1n) is 5.79. The van der Waals surface area contributed by atoms with Gasteiger partial charge in [0.15, 0.2) is 0 Å². The fraction of sp³-hybridized carbons (Fsp3) is 0.909. The van der Waals surface area contributed by atoms with E-state index in [-0.39, 0.29) is 5.91 Å². The number of carbonyl (C=O) groups excluding carboxylic acids is 1. The molecule has 1 heterocycles. The monoisotopic (exact) mass is 228 g/mol. The molecule has 3 nitrogen and oxygen atoms in total. The van der Waals surface area contributed by atoms with Crippen LogP contribution in [0.2, 0.25) is 0 Å². The summed E-state index contributed by atoms with van der Waals surface area (Å²) in [7, 11) is 0. The molecule has 1 aliphatic heterocycles. The molecule has 0 spiro atoms. The van der Waals surface area contributed by atoms with Crippen molar-refractivity contribution in [1.82, 2.24) is 10.6 Å². The first-order chi connectivity index (χ1) is 7.24. The normalized spacial score (nSPS) is 27.7. The second kappa shape index (κ2) is 4.74. The van der Waals surface area contributed by atoms with Crippen LogP contribution >= 0.6 is 11.8 Å². The van der Waals surface area contributed by atoms with Gasteiger partial charge in [-0.2, -0.15) is 11.8 Å². The molecular weight excluding hydrogens is 208 g/mol. The fourth-order valence-corrected chi connectivity index (χ4v) is 2.81. The molecule has 1 atom stereocenters. The number of nitrogens with one attached hydrogen (secondary N) is 2. The number of hydrogen-bond donors (Lipinski definition) is 2. The van der Waals surface area contributed by atoms with E-state index in [0.29, 0.717) is 17.2 Å². The van der Waals surface area contributed by atoms with Crippen molar-refractivity contribution in [2.45, 2.75) is 42.9 Å². The van der Waals surface area contributed by atoms with Crippen molar-refractivity contribution in [2.24, 2.45) is 0 Å². The first-order valence-corrected chi connectivity index (χ1v) is 7.02. The summed E-state index contributed by atoms with van der Waals surface area (Å²) < 4.78 is 0.388. The number of hydrogen-bond acceptors (Lipinski definition) is 3. The van der Waals surface area contributed by atoms with Crippen molar-refractivity contribution in [2.75, 3.05) is 19.3 Å². The molecule has 2 N–H and O–H groups in total. The van der Waals surface area contributed by atoms with E-state index in [1.807, 2.05) is 11.8 Å². The van der Waals surface area contributed by atoms with Crippen LogP contribution in [-0.2, 0) is 4.79 Å². The molecule has 1 aliphatic carbocycles. The van der Waals surface area contributed by atoms with Crippen LogP contribution in [-0.4, -0.2) is 36.0 Å². The van der Waals surface area contributed by atoms with Crippen molar-refractivity contribution in [3.05, 3.63) is 0 Å². The van der Waals surface area contributed by atoms with E-state index in [2.05, 4.69) is 16.9 Å². The zero-order valence-electron chi connectivity index (χ0n) is 9.34. The predicted octanol–water partition coefficient (Wildman–Crippen LogP) is 1.14. The Balaban J connectivity index is 1.64. The Labute approximate surface area is 95.8 Å². The topological polar surface area (TPSA) is 41.1 Å². The summed E-state index contributed by atoms with van der Waals surface area (Å²) in [5.74, 6) is 0.217. The minimum Gasteiger partial charge on any atom is -0.355 e.